The van der Waals surface area contributed by atoms with Crippen LogP contribution in [-0.4, -0.2) is 18.5 Å². The lowest BCUT2D eigenvalue weighted by Crippen LogP contribution is -2.13. The van der Waals surface area contributed by atoms with Crippen LogP contribution in [0, 0.1) is 0 Å². The molecule has 3 nitrogen and oxygen atoms in total. The van der Waals surface area contributed by atoms with Crippen LogP contribution in [0.1, 0.15) is 32.6 Å². The second kappa shape index (κ2) is 5.71. The minimum absolute atomic E-state index is 0.0221. The number of ether oxygens (including phenoxy) is 2. The molecule has 3 heteroatoms. The smallest absolute Gasteiger partial charge is 0.161 e. The van der Waals surface area contributed by atoms with E-state index in [1.165, 1.54) is 0 Å². The first-order valence-electron chi connectivity index (χ1n) is 6.19. The van der Waals surface area contributed by atoms with Gasteiger partial charge in [-0.1, -0.05) is 19.1 Å². The molecule has 1 unspecified atom stereocenters. The van der Waals surface area contributed by atoms with Gasteiger partial charge in [0.05, 0.1) is 6.61 Å². The number of para-hydroxylation sites is 2. The maximum absolute atomic E-state index is 11.2. The van der Waals surface area contributed by atoms with Gasteiger partial charge in [-0.05, 0) is 25.0 Å². The van der Waals surface area contributed by atoms with Crippen LogP contribution < -0.4 is 9.47 Å². The number of benzene rings is 1. The predicted octanol–water partition coefficient (Wildman–Crippen LogP) is 2.98. The fourth-order valence-corrected chi connectivity index (χ4v) is 1.94. The molecule has 0 N–H and O–H groups in total. The number of carbonyl (C=O) groups is 1. The number of Topliss-reactive ketones (excluding diaryl/α,β-unsaturated/α-hetero) is 1. The molecule has 17 heavy (non-hydrogen) atoms. The van der Waals surface area contributed by atoms with Gasteiger partial charge in [0.15, 0.2) is 11.5 Å². The lowest BCUT2D eigenvalue weighted by atomic mass is 10.3. The van der Waals surface area contributed by atoms with Crippen LogP contribution in [0.25, 0.3) is 0 Å². The zero-order valence-corrected chi connectivity index (χ0v) is 10.1. The first-order valence-corrected chi connectivity index (χ1v) is 6.19. The molecule has 1 saturated carbocycles. The van der Waals surface area contributed by atoms with Gasteiger partial charge in [-0.2, -0.15) is 0 Å². The van der Waals surface area contributed by atoms with Crippen molar-refractivity contribution in [3.63, 3.8) is 0 Å². The fraction of sp³-hybridized carbons (Fsp3) is 0.500. The molecule has 1 aliphatic rings. The van der Waals surface area contributed by atoms with E-state index in [1.54, 1.807) is 0 Å². The standard InChI is InChI=1S/C14H18O3/c1-2-9-16-13-5-3-4-6-14(13)17-12-8-7-11(15)10-12/h3-6,12H,2,7-10H2,1H3. The summed E-state index contributed by atoms with van der Waals surface area (Å²) in [5, 5.41) is 0. The van der Waals surface area contributed by atoms with E-state index in [-0.39, 0.29) is 6.10 Å². The monoisotopic (exact) mass is 234 g/mol. The molecular formula is C14H18O3. The zero-order chi connectivity index (χ0) is 12.1. The van der Waals surface area contributed by atoms with Crippen LogP contribution in [-0.2, 0) is 4.79 Å². The van der Waals surface area contributed by atoms with Crippen molar-refractivity contribution < 1.29 is 14.3 Å². The van der Waals surface area contributed by atoms with Crippen LogP contribution in [0.15, 0.2) is 24.3 Å². The van der Waals surface area contributed by atoms with Crippen molar-refractivity contribution in [2.45, 2.75) is 38.7 Å². The maximum atomic E-state index is 11.2. The largest absolute Gasteiger partial charge is 0.490 e. The average Bonchev–Trinajstić information content (AvgIpc) is 2.74. The number of hydrogen-bond donors (Lipinski definition) is 0. The van der Waals surface area contributed by atoms with E-state index in [1.807, 2.05) is 24.3 Å². The Bertz CT molecular complexity index is 387. The third kappa shape index (κ3) is 3.22. The third-order valence-electron chi connectivity index (χ3n) is 2.80. The number of rotatable bonds is 5. The summed E-state index contributed by atoms with van der Waals surface area (Å²) < 4.78 is 11.4. The normalized spacial score (nSPS) is 19.4. The van der Waals surface area contributed by atoms with E-state index in [2.05, 4.69) is 6.92 Å². The van der Waals surface area contributed by atoms with Crippen LogP contribution >= 0.6 is 0 Å². The van der Waals surface area contributed by atoms with Crippen LogP contribution in [0.2, 0.25) is 0 Å². The van der Waals surface area contributed by atoms with Crippen molar-refractivity contribution >= 4 is 5.78 Å². The summed E-state index contributed by atoms with van der Waals surface area (Å²) in [6.45, 7) is 2.75. The predicted molar refractivity (Wildman–Crippen MR) is 65.5 cm³/mol. The Hall–Kier alpha value is -1.51. The molecule has 92 valence electrons. The Balaban J connectivity index is 2.01. The van der Waals surface area contributed by atoms with Crippen LogP contribution in [0.4, 0.5) is 0 Å². The molecule has 1 aliphatic carbocycles. The quantitative estimate of drug-likeness (QED) is 0.785. The second-order valence-corrected chi connectivity index (χ2v) is 4.32. The molecule has 0 heterocycles. The van der Waals surface area contributed by atoms with Crippen molar-refractivity contribution in [2.24, 2.45) is 0 Å². The summed E-state index contributed by atoms with van der Waals surface area (Å²) in [6.07, 6.45) is 2.98. The molecular weight excluding hydrogens is 216 g/mol. The Morgan fingerprint density at radius 1 is 1.29 bits per heavy atom. The molecule has 0 spiro atoms. The zero-order valence-electron chi connectivity index (χ0n) is 10.1. The first-order chi connectivity index (χ1) is 8.29. The molecule has 0 amide bonds. The van der Waals surface area contributed by atoms with Gasteiger partial charge >= 0.3 is 0 Å². The molecule has 1 fully saturated rings. The number of ketones is 1. The maximum Gasteiger partial charge on any atom is 0.161 e. The molecule has 0 aromatic heterocycles. The van der Waals surface area contributed by atoms with Gasteiger partial charge in [0, 0.05) is 12.8 Å². The Morgan fingerprint density at radius 2 is 2.06 bits per heavy atom. The fourth-order valence-electron chi connectivity index (χ4n) is 1.94. The van der Waals surface area contributed by atoms with Gasteiger partial charge in [-0.3, -0.25) is 4.79 Å². The summed E-state index contributed by atoms with van der Waals surface area (Å²) >= 11 is 0. The molecule has 0 radical (unpaired) electrons. The Labute approximate surface area is 102 Å². The highest BCUT2D eigenvalue weighted by Crippen LogP contribution is 2.30. The Kier molecular flexibility index (Phi) is 4.02. The highest BCUT2D eigenvalue weighted by atomic mass is 16.5. The average molecular weight is 234 g/mol. The number of carbonyl (C=O) groups excluding carboxylic acids is 1. The van der Waals surface area contributed by atoms with Crippen LogP contribution in [0.5, 0.6) is 11.5 Å². The highest BCUT2D eigenvalue weighted by molar-refractivity contribution is 5.81. The van der Waals surface area contributed by atoms with Crippen molar-refractivity contribution in [1.82, 2.24) is 0 Å². The van der Waals surface area contributed by atoms with Gasteiger partial charge in [0.1, 0.15) is 11.9 Å². The van der Waals surface area contributed by atoms with Crippen molar-refractivity contribution in [3.05, 3.63) is 24.3 Å². The molecule has 1 aromatic carbocycles. The van der Waals surface area contributed by atoms with E-state index in [9.17, 15) is 4.79 Å². The molecule has 2 rings (SSSR count). The van der Waals surface area contributed by atoms with E-state index in [4.69, 9.17) is 9.47 Å². The SMILES string of the molecule is CCCOc1ccccc1OC1CCC(=O)C1. The lowest BCUT2D eigenvalue weighted by molar-refractivity contribution is -0.117. The third-order valence-corrected chi connectivity index (χ3v) is 2.80. The van der Waals surface area contributed by atoms with Gasteiger partial charge in [-0.15, -0.1) is 0 Å². The second-order valence-electron chi connectivity index (χ2n) is 4.32. The summed E-state index contributed by atoms with van der Waals surface area (Å²) in [4.78, 5) is 11.2. The molecule has 1 aromatic rings. The molecule has 1 atom stereocenters. The van der Waals surface area contributed by atoms with E-state index in [0.717, 1.165) is 24.3 Å². The molecule has 0 aliphatic heterocycles. The molecule has 0 saturated heterocycles. The topological polar surface area (TPSA) is 35.5 Å². The molecule has 0 bridgehead atoms. The van der Waals surface area contributed by atoms with Crippen molar-refractivity contribution in [3.8, 4) is 11.5 Å². The van der Waals surface area contributed by atoms with Gasteiger partial charge in [0.2, 0.25) is 0 Å². The highest BCUT2D eigenvalue weighted by Gasteiger charge is 2.24. The van der Waals surface area contributed by atoms with Gasteiger partial charge in [-0.25, -0.2) is 0 Å². The van der Waals surface area contributed by atoms with Crippen molar-refractivity contribution in [2.75, 3.05) is 6.61 Å². The summed E-state index contributed by atoms with van der Waals surface area (Å²) in [6, 6.07) is 7.65. The minimum atomic E-state index is 0.0221. The van der Waals surface area contributed by atoms with E-state index >= 15 is 0 Å². The lowest BCUT2D eigenvalue weighted by Gasteiger charge is -2.16. The summed E-state index contributed by atoms with van der Waals surface area (Å²) in [5.41, 5.74) is 0. The van der Waals surface area contributed by atoms with E-state index < -0.39 is 0 Å². The van der Waals surface area contributed by atoms with Gasteiger partial charge < -0.3 is 9.47 Å². The first kappa shape index (κ1) is 12.0. The van der Waals surface area contributed by atoms with Gasteiger partial charge in [0.25, 0.3) is 0 Å². The van der Waals surface area contributed by atoms with Crippen LogP contribution in [0.3, 0.4) is 0 Å². The van der Waals surface area contributed by atoms with E-state index in [0.29, 0.717) is 25.2 Å². The Morgan fingerprint density at radius 3 is 2.71 bits per heavy atom. The number of hydrogen-bond acceptors (Lipinski definition) is 3. The summed E-state index contributed by atoms with van der Waals surface area (Å²) in [5.74, 6) is 1.82. The summed E-state index contributed by atoms with van der Waals surface area (Å²) in [7, 11) is 0. The minimum Gasteiger partial charge on any atom is -0.490 e. The van der Waals surface area contributed by atoms with Crippen molar-refractivity contribution in [1.29, 1.82) is 0 Å².